The molecule has 0 aromatic heterocycles. The molecular formula is C17H22FNO5. The predicted octanol–water partition coefficient (Wildman–Crippen LogP) is 2.84. The lowest BCUT2D eigenvalue weighted by molar-refractivity contribution is -0.148. The number of rotatable bonds is 4. The lowest BCUT2D eigenvalue weighted by Crippen LogP contribution is -2.58. The smallest absolute Gasteiger partial charge is 0.407 e. The number of amides is 1. The van der Waals surface area contributed by atoms with Crippen LogP contribution < -0.4 is 10.1 Å². The van der Waals surface area contributed by atoms with Gasteiger partial charge in [0, 0.05) is 11.6 Å². The highest BCUT2D eigenvalue weighted by molar-refractivity contribution is 5.85. The minimum absolute atomic E-state index is 0.0160. The lowest BCUT2D eigenvalue weighted by Gasteiger charge is -2.45. The summed E-state index contributed by atoms with van der Waals surface area (Å²) in [5.41, 5.74) is -2.05. The van der Waals surface area contributed by atoms with Crippen LogP contribution in [-0.4, -0.2) is 35.9 Å². The van der Waals surface area contributed by atoms with E-state index in [0.29, 0.717) is 0 Å². The molecule has 7 heteroatoms. The van der Waals surface area contributed by atoms with E-state index in [1.165, 1.54) is 25.3 Å². The Morgan fingerprint density at radius 3 is 2.46 bits per heavy atom. The molecule has 2 N–H and O–H groups in total. The van der Waals surface area contributed by atoms with Crippen molar-refractivity contribution in [3.63, 3.8) is 0 Å². The second-order valence-corrected chi connectivity index (χ2v) is 6.96. The summed E-state index contributed by atoms with van der Waals surface area (Å²) in [4.78, 5) is 23.6. The Balaban J connectivity index is 2.18. The third-order valence-electron chi connectivity index (χ3n) is 3.99. The zero-order chi connectivity index (χ0) is 18.1. The number of alkyl carbamates (subject to hydrolysis) is 1. The van der Waals surface area contributed by atoms with Crippen LogP contribution in [0.2, 0.25) is 0 Å². The van der Waals surface area contributed by atoms with Crippen LogP contribution >= 0.6 is 0 Å². The Labute approximate surface area is 139 Å². The van der Waals surface area contributed by atoms with Gasteiger partial charge in [-0.2, -0.15) is 0 Å². The molecule has 0 saturated heterocycles. The van der Waals surface area contributed by atoms with Crippen LogP contribution in [0.5, 0.6) is 5.75 Å². The fraction of sp³-hybridized carbons (Fsp3) is 0.529. The molecule has 1 fully saturated rings. The van der Waals surface area contributed by atoms with Crippen molar-refractivity contribution in [3.05, 3.63) is 29.6 Å². The summed E-state index contributed by atoms with van der Waals surface area (Å²) in [5, 5.41) is 12.3. The highest BCUT2D eigenvalue weighted by Gasteiger charge is 2.55. The van der Waals surface area contributed by atoms with Gasteiger partial charge >= 0.3 is 12.1 Å². The molecule has 0 radical (unpaired) electrons. The van der Waals surface area contributed by atoms with E-state index in [4.69, 9.17) is 9.47 Å². The first-order chi connectivity index (χ1) is 11.1. The number of halogens is 1. The van der Waals surface area contributed by atoms with Crippen LogP contribution in [0.15, 0.2) is 18.2 Å². The zero-order valence-corrected chi connectivity index (χ0v) is 14.2. The number of benzene rings is 1. The Morgan fingerprint density at radius 1 is 1.33 bits per heavy atom. The van der Waals surface area contributed by atoms with E-state index in [1.807, 2.05) is 0 Å². The summed E-state index contributed by atoms with van der Waals surface area (Å²) >= 11 is 0. The van der Waals surface area contributed by atoms with Gasteiger partial charge < -0.3 is 19.9 Å². The van der Waals surface area contributed by atoms with Crippen molar-refractivity contribution in [1.29, 1.82) is 0 Å². The Bertz CT molecular complexity index is 647. The van der Waals surface area contributed by atoms with E-state index in [2.05, 4.69) is 5.32 Å². The maximum Gasteiger partial charge on any atom is 0.407 e. The third kappa shape index (κ3) is 3.44. The van der Waals surface area contributed by atoms with Crippen molar-refractivity contribution in [1.82, 2.24) is 5.32 Å². The largest absolute Gasteiger partial charge is 0.496 e. The Hall–Kier alpha value is -2.31. The summed E-state index contributed by atoms with van der Waals surface area (Å²) in [6.45, 7) is 5.21. The monoisotopic (exact) mass is 339 g/mol. The molecule has 1 aliphatic carbocycles. The fourth-order valence-electron chi connectivity index (χ4n) is 2.98. The van der Waals surface area contributed by atoms with Crippen molar-refractivity contribution >= 4 is 12.1 Å². The molecule has 0 atom stereocenters. The van der Waals surface area contributed by atoms with Crippen LogP contribution in [-0.2, 0) is 14.9 Å². The number of carbonyl (C=O) groups is 2. The van der Waals surface area contributed by atoms with Gasteiger partial charge in [-0.1, -0.05) is 6.07 Å². The van der Waals surface area contributed by atoms with Crippen LogP contribution in [0, 0.1) is 5.82 Å². The zero-order valence-electron chi connectivity index (χ0n) is 14.2. The normalized spacial score (nSPS) is 23.1. The summed E-state index contributed by atoms with van der Waals surface area (Å²) < 4.78 is 24.5. The van der Waals surface area contributed by atoms with E-state index in [0.717, 1.165) is 0 Å². The van der Waals surface area contributed by atoms with Gasteiger partial charge in [-0.15, -0.1) is 0 Å². The number of nitrogens with one attached hydrogen (secondary N) is 1. The molecule has 0 bridgehead atoms. The first-order valence-corrected chi connectivity index (χ1v) is 7.65. The van der Waals surface area contributed by atoms with Crippen molar-refractivity contribution in [2.45, 2.75) is 50.7 Å². The first-order valence-electron chi connectivity index (χ1n) is 7.65. The SMILES string of the molecule is COc1cccc(F)c1C1(C(=O)O)CC(NC(=O)OC(C)(C)C)C1. The number of carbonyl (C=O) groups excluding carboxylic acids is 1. The van der Waals surface area contributed by atoms with Gasteiger partial charge in [-0.3, -0.25) is 4.79 Å². The number of hydrogen-bond donors (Lipinski definition) is 2. The molecule has 1 aromatic carbocycles. The van der Waals surface area contributed by atoms with E-state index in [-0.39, 0.29) is 24.2 Å². The number of carboxylic acid groups (broad SMARTS) is 1. The van der Waals surface area contributed by atoms with Crippen LogP contribution in [0.1, 0.15) is 39.2 Å². The van der Waals surface area contributed by atoms with Crippen molar-refractivity contribution in [2.75, 3.05) is 7.11 Å². The molecule has 1 saturated carbocycles. The Kier molecular flexibility index (Phi) is 4.73. The maximum atomic E-state index is 14.3. The Morgan fingerprint density at radius 2 is 1.96 bits per heavy atom. The highest BCUT2D eigenvalue weighted by atomic mass is 19.1. The van der Waals surface area contributed by atoms with Crippen molar-refractivity contribution in [3.8, 4) is 5.75 Å². The molecule has 24 heavy (non-hydrogen) atoms. The molecule has 1 aliphatic rings. The van der Waals surface area contributed by atoms with Crippen LogP contribution in [0.4, 0.5) is 9.18 Å². The molecular weight excluding hydrogens is 317 g/mol. The second kappa shape index (κ2) is 6.30. The number of ether oxygens (including phenoxy) is 2. The van der Waals surface area contributed by atoms with Crippen LogP contribution in [0.3, 0.4) is 0 Å². The molecule has 6 nitrogen and oxygen atoms in total. The summed E-state index contributed by atoms with van der Waals surface area (Å²) in [5.74, 6) is -1.59. The van der Waals surface area contributed by atoms with Crippen LogP contribution in [0.25, 0.3) is 0 Å². The molecule has 0 unspecified atom stereocenters. The first kappa shape index (κ1) is 18.0. The molecule has 132 valence electrons. The number of hydrogen-bond acceptors (Lipinski definition) is 4. The fourth-order valence-corrected chi connectivity index (χ4v) is 2.98. The van der Waals surface area contributed by atoms with Gasteiger partial charge in [0.15, 0.2) is 0 Å². The van der Waals surface area contributed by atoms with E-state index in [1.54, 1.807) is 20.8 Å². The molecule has 1 amide bonds. The van der Waals surface area contributed by atoms with Crippen molar-refractivity contribution in [2.24, 2.45) is 0 Å². The number of methoxy groups -OCH3 is 1. The standard InChI is InChI=1S/C17H22FNO5/c1-16(2,3)24-15(22)19-10-8-17(9-10,14(20)21)13-11(18)6-5-7-12(13)23-4/h5-7,10H,8-9H2,1-4H3,(H,19,22)(H,20,21). The van der Waals surface area contributed by atoms with E-state index >= 15 is 0 Å². The van der Waals surface area contributed by atoms with E-state index in [9.17, 15) is 19.1 Å². The molecule has 0 heterocycles. The highest BCUT2D eigenvalue weighted by Crippen LogP contribution is 2.48. The van der Waals surface area contributed by atoms with Crippen molar-refractivity contribution < 1.29 is 28.6 Å². The van der Waals surface area contributed by atoms with Gasteiger partial charge in [0.25, 0.3) is 0 Å². The predicted molar refractivity (Wildman–Crippen MR) is 84.7 cm³/mol. The quantitative estimate of drug-likeness (QED) is 0.881. The molecule has 1 aromatic rings. The number of aliphatic carboxylic acids is 1. The summed E-state index contributed by atoms with van der Waals surface area (Å²) in [6.07, 6.45) is -0.482. The average Bonchev–Trinajstić information content (AvgIpc) is 2.40. The molecule has 0 aliphatic heterocycles. The number of carboxylic acids is 1. The van der Waals surface area contributed by atoms with Gasteiger partial charge in [0.05, 0.1) is 7.11 Å². The van der Waals surface area contributed by atoms with E-state index < -0.39 is 34.9 Å². The van der Waals surface area contributed by atoms with Gasteiger partial charge in [0.1, 0.15) is 22.6 Å². The molecule has 2 rings (SSSR count). The molecule has 0 spiro atoms. The third-order valence-corrected chi connectivity index (χ3v) is 3.99. The average molecular weight is 339 g/mol. The summed E-state index contributed by atoms with van der Waals surface area (Å²) in [7, 11) is 1.36. The topological polar surface area (TPSA) is 84.9 Å². The second-order valence-electron chi connectivity index (χ2n) is 6.96. The van der Waals surface area contributed by atoms with Gasteiger partial charge in [-0.25, -0.2) is 9.18 Å². The van der Waals surface area contributed by atoms with Gasteiger partial charge in [0.2, 0.25) is 0 Å². The minimum Gasteiger partial charge on any atom is -0.496 e. The lowest BCUT2D eigenvalue weighted by atomic mass is 9.61. The summed E-state index contributed by atoms with van der Waals surface area (Å²) in [6, 6.07) is 3.79. The minimum atomic E-state index is -1.42. The maximum absolute atomic E-state index is 14.3. The van der Waals surface area contributed by atoms with Gasteiger partial charge in [-0.05, 0) is 45.7 Å².